The Bertz CT molecular complexity index is 236. The maximum Gasteiger partial charge on any atom is 0.452 e. The van der Waals surface area contributed by atoms with Gasteiger partial charge in [-0.15, -0.1) is 0 Å². The first kappa shape index (κ1) is 11.4. The highest BCUT2D eigenvalue weighted by Gasteiger charge is 2.46. The van der Waals surface area contributed by atoms with Crippen molar-refractivity contribution in [3.8, 4) is 0 Å². The Labute approximate surface area is 69.5 Å². The van der Waals surface area contributed by atoms with E-state index < -0.39 is 24.0 Å². The van der Waals surface area contributed by atoms with Crippen LogP contribution in [-0.4, -0.2) is 35.5 Å². The molecule has 0 heterocycles. The number of alkyl halides is 3. The predicted molar refractivity (Wildman–Crippen MR) is 31.7 cm³/mol. The predicted octanol–water partition coefficient (Wildman–Crippen LogP) is -0.683. The van der Waals surface area contributed by atoms with Gasteiger partial charge in [-0.25, -0.2) is 4.79 Å². The molecule has 0 spiro atoms. The molecule has 0 aromatic heterocycles. The number of carbonyl (C=O) groups is 3. The summed E-state index contributed by atoms with van der Waals surface area (Å²) in [6.45, 7) is 0. The molecule has 8 heteroatoms. The van der Waals surface area contributed by atoms with Crippen LogP contribution < -0.4 is 5.32 Å². The molecule has 0 rings (SSSR count). The lowest BCUT2D eigenvalue weighted by Crippen LogP contribution is -2.48. The monoisotopic (exact) mass is 199 g/mol. The van der Waals surface area contributed by atoms with Crippen LogP contribution >= 0.6 is 0 Å². The number of hydrogen-bond acceptors (Lipinski definition) is 3. The summed E-state index contributed by atoms with van der Waals surface area (Å²) in [5.74, 6) is -4.58. The highest BCUT2D eigenvalue weighted by atomic mass is 19.4. The quantitative estimate of drug-likeness (QED) is 0.464. The van der Waals surface area contributed by atoms with Crippen LogP contribution in [0.25, 0.3) is 0 Å². The van der Waals surface area contributed by atoms with Gasteiger partial charge in [0.2, 0.25) is 6.41 Å². The maximum atomic E-state index is 11.6. The SMILES string of the molecule is O=CNC(C(=O)O)C(=O)C(F)(F)F. The number of rotatable bonds is 4. The zero-order valence-electron chi connectivity index (χ0n) is 5.96. The molecule has 0 saturated carbocycles. The molecule has 5 nitrogen and oxygen atoms in total. The summed E-state index contributed by atoms with van der Waals surface area (Å²) in [6, 6.07) is -2.57. The van der Waals surface area contributed by atoms with Crippen LogP contribution in [0.2, 0.25) is 0 Å². The van der Waals surface area contributed by atoms with Crippen LogP contribution in [0.4, 0.5) is 13.2 Å². The van der Waals surface area contributed by atoms with Crippen molar-refractivity contribution < 1.29 is 32.7 Å². The molecule has 13 heavy (non-hydrogen) atoms. The third-order valence-electron chi connectivity index (χ3n) is 1.02. The fraction of sp³-hybridized carbons (Fsp3) is 0.400. The minimum Gasteiger partial charge on any atom is -0.479 e. The maximum absolute atomic E-state index is 11.6. The lowest BCUT2D eigenvalue weighted by atomic mass is 10.2. The van der Waals surface area contributed by atoms with Crippen molar-refractivity contribution >= 4 is 18.2 Å². The molecule has 1 unspecified atom stereocenters. The van der Waals surface area contributed by atoms with Gasteiger partial charge in [0.25, 0.3) is 5.78 Å². The van der Waals surface area contributed by atoms with Crippen LogP contribution in [0.15, 0.2) is 0 Å². The van der Waals surface area contributed by atoms with E-state index in [1.54, 1.807) is 0 Å². The Morgan fingerprint density at radius 3 is 2.08 bits per heavy atom. The van der Waals surface area contributed by atoms with Crippen LogP contribution in [0.1, 0.15) is 0 Å². The van der Waals surface area contributed by atoms with Gasteiger partial charge >= 0.3 is 12.1 Å². The second kappa shape index (κ2) is 3.87. The Morgan fingerprint density at radius 2 is 1.85 bits per heavy atom. The minimum atomic E-state index is -5.28. The smallest absolute Gasteiger partial charge is 0.452 e. The molecule has 1 atom stereocenters. The Hall–Kier alpha value is -1.60. The second-order valence-corrected chi connectivity index (χ2v) is 1.92. The highest BCUT2D eigenvalue weighted by Crippen LogP contribution is 2.17. The summed E-state index contributed by atoms with van der Waals surface area (Å²) in [5.41, 5.74) is 0. The van der Waals surface area contributed by atoms with Crippen molar-refractivity contribution in [2.75, 3.05) is 0 Å². The molecule has 0 fully saturated rings. The summed E-state index contributed by atoms with van der Waals surface area (Å²) in [4.78, 5) is 30.0. The van der Waals surface area contributed by atoms with Crippen LogP contribution in [0.5, 0.6) is 0 Å². The number of carboxylic acids is 1. The van der Waals surface area contributed by atoms with Crippen molar-refractivity contribution in [3.05, 3.63) is 0 Å². The topological polar surface area (TPSA) is 83.5 Å². The van der Waals surface area contributed by atoms with E-state index in [2.05, 4.69) is 0 Å². The highest BCUT2D eigenvalue weighted by molar-refractivity contribution is 6.06. The molecular formula is C5H4F3NO4. The number of halogens is 3. The van der Waals surface area contributed by atoms with Crippen molar-refractivity contribution in [1.29, 1.82) is 0 Å². The van der Waals surface area contributed by atoms with Gasteiger partial charge in [-0.3, -0.25) is 9.59 Å². The minimum absolute atomic E-state index is 0.289. The van der Waals surface area contributed by atoms with E-state index in [1.165, 1.54) is 5.32 Å². The average Bonchev–Trinajstić information content (AvgIpc) is 1.96. The molecule has 0 bridgehead atoms. The summed E-state index contributed by atoms with van der Waals surface area (Å²) in [5, 5.41) is 9.33. The summed E-state index contributed by atoms with van der Waals surface area (Å²) in [7, 11) is 0. The normalized spacial score (nSPS) is 13.2. The fourth-order valence-corrected chi connectivity index (χ4v) is 0.491. The van der Waals surface area contributed by atoms with Crippen molar-refractivity contribution in [3.63, 3.8) is 0 Å². The number of aliphatic carboxylic acids is 1. The van der Waals surface area contributed by atoms with E-state index in [0.717, 1.165) is 0 Å². The number of hydrogen-bond donors (Lipinski definition) is 2. The molecule has 0 aromatic rings. The first-order valence-corrected chi connectivity index (χ1v) is 2.84. The molecule has 0 aliphatic carbocycles. The molecule has 1 amide bonds. The van der Waals surface area contributed by atoms with Crippen molar-refractivity contribution in [1.82, 2.24) is 5.32 Å². The number of Topliss-reactive ketones (excluding diaryl/α,β-unsaturated/α-hetero) is 1. The largest absolute Gasteiger partial charge is 0.479 e. The summed E-state index contributed by atoms with van der Waals surface area (Å²) >= 11 is 0. The van der Waals surface area contributed by atoms with Crippen LogP contribution in [-0.2, 0) is 14.4 Å². The molecule has 0 saturated heterocycles. The van der Waals surface area contributed by atoms with E-state index in [1.807, 2.05) is 0 Å². The Morgan fingerprint density at radius 1 is 1.38 bits per heavy atom. The number of carboxylic acid groups (broad SMARTS) is 1. The van der Waals surface area contributed by atoms with Crippen molar-refractivity contribution in [2.24, 2.45) is 0 Å². The summed E-state index contributed by atoms with van der Waals surface area (Å²) in [6.07, 6.45) is -5.57. The number of nitrogens with one attached hydrogen (secondary N) is 1. The van der Waals surface area contributed by atoms with Gasteiger partial charge in [0.05, 0.1) is 0 Å². The van der Waals surface area contributed by atoms with Gasteiger partial charge in [0, 0.05) is 0 Å². The van der Waals surface area contributed by atoms with Crippen LogP contribution in [0.3, 0.4) is 0 Å². The van der Waals surface area contributed by atoms with Gasteiger partial charge < -0.3 is 10.4 Å². The van der Waals surface area contributed by atoms with E-state index in [0.29, 0.717) is 0 Å². The molecule has 0 aliphatic heterocycles. The van der Waals surface area contributed by atoms with Gasteiger partial charge in [-0.1, -0.05) is 0 Å². The van der Waals surface area contributed by atoms with Gasteiger partial charge in [-0.2, -0.15) is 13.2 Å². The molecule has 0 aromatic carbocycles. The average molecular weight is 199 g/mol. The Kier molecular flexibility index (Phi) is 3.40. The fourth-order valence-electron chi connectivity index (χ4n) is 0.491. The third-order valence-corrected chi connectivity index (χ3v) is 1.02. The standard InChI is InChI=1S/C5H4F3NO4/c6-5(7,8)3(11)2(4(12)13)9-1-10/h1-2H,(H,9,10)(H,12,13). The van der Waals surface area contributed by atoms with E-state index >= 15 is 0 Å². The molecule has 0 radical (unpaired) electrons. The lowest BCUT2D eigenvalue weighted by molar-refractivity contribution is -0.176. The first-order chi connectivity index (χ1) is 5.80. The van der Waals surface area contributed by atoms with Gasteiger partial charge in [-0.05, 0) is 0 Å². The van der Waals surface area contributed by atoms with Gasteiger partial charge in [0.1, 0.15) is 0 Å². The molecule has 74 valence electrons. The molecule has 2 N–H and O–H groups in total. The lowest BCUT2D eigenvalue weighted by Gasteiger charge is -2.11. The number of carbonyl (C=O) groups excluding carboxylic acids is 2. The Balaban J connectivity index is 4.66. The van der Waals surface area contributed by atoms with Gasteiger partial charge in [0.15, 0.2) is 6.04 Å². The zero-order chi connectivity index (χ0) is 10.6. The third kappa shape index (κ3) is 3.09. The van der Waals surface area contributed by atoms with Crippen LogP contribution in [0, 0.1) is 0 Å². The zero-order valence-corrected chi connectivity index (χ0v) is 5.96. The van der Waals surface area contributed by atoms with E-state index in [4.69, 9.17) is 5.11 Å². The molecule has 0 aliphatic rings. The summed E-state index contributed by atoms with van der Waals surface area (Å²) < 4.78 is 34.8. The van der Waals surface area contributed by atoms with Crippen molar-refractivity contribution in [2.45, 2.75) is 12.2 Å². The first-order valence-electron chi connectivity index (χ1n) is 2.84. The molecular weight excluding hydrogens is 195 g/mol. The van der Waals surface area contributed by atoms with E-state index in [-0.39, 0.29) is 6.41 Å². The second-order valence-electron chi connectivity index (χ2n) is 1.92. The van der Waals surface area contributed by atoms with E-state index in [9.17, 15) is 27.6 Å². The number of ketones is 1. The number of amides is 1.